The number of nitro benzene ring substituents is 1. The summed E-state index contributed by atoms with van der Waals surface area (Å²) in [5.74, 6) is 0.707. The van der Waals surface area contributed by atoms with E-state index in [1.165, 1.54) is 12.3 Å². The van der Waals surface area contributed by atoms with Gasteiger partial charge in [-0.3, -0.25) is 15.5 Å². The van der Waals surface area contributed by atoms with Crippen molar-refractivity contribution >= 4 is 49.6 Å². The summed E-state index contributed by atoms with van der Waals surface area (Å²) in [6.07, 6.45) is 1.35. The zero-order chi connectivity index (χ0) is 20.3. The van der Waals surface area contributed by atoms with Crippen LogP contribution in [-0.2, 0) is 0 Å². The van der Waals surface area contributed by atoms with Gasteiger partial charge in [0.05, 0.1) is 26.7 Å². The second-order valence-corrected chi connectivity index (χ2v) is 7.46. The van der Waals surface area contributed by atoms with Crippen molar-refractivity contribution in [1.29, 1.82) is 0 Å². The number of aromatic hydroxyl groups is 1. The second-order valence-electron chi connectivity index (χ2n) is 5.69. The van der Waals surface area contributed by atoms with Gasteiger partial charge in [-0.05, 0) is 41.1 Å². The molecule has 28 heavy (non-hydrogen) atoms. The van der Waals surface area contributed by atoms with Gasteiger partial charge in [0.2, 0.25) is 0 Å². The summed E-state index contributed by atoms with van der Waals surface area (Å²) >= 11 is 6.66. The third-order valence-corrected chi connectivity index (χ3v) is 4.70. The topological polar surface area (TPSA) is 114 Å². The zero-order valence-corrected chi connectivity index (χ0v) is 17.6. The largest absolute Gasteiger partial charge is 0.506 e. The average molecular weight is 507 g/mol. The predicted molar refractivity (Wildman–Crippen MR) is 114 cm³/mol. The van der Waals surface area contributed by atoms with Crippen molar-refractivity contribution in [3.63, 3.8) is 0 Å². The molecule has 0 aliphatic carbocycles. The molecule has 3 aromatic rings. The number of halogens is 2. The highest BCUT2D eigenvalue weighted by Gasteiger charge is 2.14. The van der Waals surface area contributed by atoms with Gasteiger partial charge in [-0.2, -0.15) is 5.10 Å². The van der Waals surface area contributed by atoms with Gasteiger partial charge in [-0.1, -0.05) is 28.1 Å². The fourth-order valence-electron chi connectivity index (χ4n) is 2.41. The van der Waals surface area contributed by atoms with E-state index in [0.29, 0.717) is 32.9 Å². The predicted octanol–water partition coefficient (Wildman–Crippen LogP) is 5.04. The molecule has 0 unspecified atom stereocenters. The van der Waals surface area contributed by atoms with E-state index in [9.17, 15) is 15.2 Å². The van der Waals surface area contributed by atoms with Crippen LogP contribution in [-0.4, -0.2) is 26.2 Å². The van der Waals surface area contributed by atoms with E-state index in [0.717, 1.165) is 4.47 Å². The van der Waals surface area contributed by atoms with Crippen LogP contribution >= 0.6 is 31.9 Å². The van der Waals surface area contributed by atoms with Crippen LogP contribution < -0.4 is 5.43 Å². The quantitative estimate of drug-likeness (QED) is 0.285. The Bertz CT molecular complexity index is 1090. The number of hydrogen-bond acceptors (Lipinski definition) is 7. The Morgan fingerprint density at radius 3 is 2.71 bits per heavy atom. The van der Waals surface area contributed by atoms with Gasteiger partial charge >= 0.3 is 0 Å². The van der Waals surface area contributed by atoms with Gasteiger partial charge in [-0.25, -0.2) is 9.97 Å². The Morgan fingerprint density at radius 2 is 1.96 bits per heavy atom. The van der Waals surface area contributed by atoms with Crippen LogP contribution in [0.3, 0.4) is 0 Å². The molecule has 1 aromatic heterocycles. The minimum Gasteiger partial charge on any atom is -0.506 e. The van der Waals surface area contributed by atoms with E-state index in [-0.39, 0.29) is 11.4 Å². The Balaban J connectivity index is 1.90. The summed E-state index contributed by atoms with van der Waals surface area (Å²) in [5, 5.41) is 25.4. The molecule has 0 fully saturated rings. The van der Waals surface area contributed by atoms with Crippen molar-refractivity contribution in [3.05, 3.63) is 72.8 Å². The number of phenolic OH excluding ortho intramolecular Hbond substituents is 1. The van der Waals surface area contributed by atoms with Crippen LogP contribution in [0.4, 0.5) is 11.5 Å². The number of para-hydroxylation sites is 1. The lowest BCUT2D eigenvalue weighted by Gasteiger charge is -2.09. The maximum absolute atomic E-state index is 11.1. The highest BCUT2D eigenvalue weighted by Crippen LogP contribution is 2.37. The summed E-state index contributed by atoms with van der Waals surface area (Å²) in [6.45, 7) is 1.78. The van der Waals surface area contributed by atoms with E-state index >= 15 is 0 Å². The molecule has 0 spiro atoms. The molecule has 0 atom stereocenters. The molecule has 142 valence electrons. The first-order valence-electron chi connectivity index (χ1n) is 7.91. The molecule has 10 heteroatoms. The van der Waals surface area contributed by atoms with Crippen molar-refractivity contribution in [2.24, 2.45) is 5.10 Å². The van der Waals surface area contributed by atoms with Gasteiger partial charge in [0.25, 0.3) is 5.69 Å². The lowest BCUT2D eigenvalue weighted by Crippen LogP contribution is -2.00. The summed E-state index contributed by atoms with van der Waals surface area (Å²) in [7, 11) is 0. The van der Waals surface area contributed by atoms with Gasteiger partial charge in [0.1, 0.15) is 5.75 Å². The molecule has 0 saturated carbocycles. The normalized spacial score (nSPS) is 11.0. The molecule has 8 nitrogen and oxygen atoms in total. The molecule has 2 aromatic carbocycles. The second kappa shape index (κ2) is 8.44. The number of nitrogens with zero attached hydrogens (tertiary/aromatic N) is 4. The molecule has 0 amide bonds. The number of anilines is 1. The number of benzene rings is 2. The van der Waals surface area contributed by atoms with Crippen molar-refractivity contribution < 1.29 is 10.0 Å². The Hall–Kier alpha value is -2.85. The maximum atomic E-state index is 11.1. The number of nitrogens with one attached hydrogen (secondary N) is 1. The maximum Gasteiger partial charge on any atom is 0.278 e. The van der Waals surface area contributed by atoms with E-state index in [2.05, 4.69) is 52.4 Å². The number of aromatic nitrogens is 2. The Morgan fingerprint density at radius 1 is 1.21 bits per heavy atom. The van der Waals surface area contributed by atoms with Crippen molar-refractivity contribution in [2.75, 3.05) is 5.43 Å². The van der Waals surface area contributed by atoms with E-state index < -0.39 is 4.92 Å². The fourth-order valence-corrected chi connectivity index (χ4v) is 3.64. The molecular weight excluding hydrogens is 494 g/mol. The van der Waals surface area contributed by atoms with Crippen molar-refractivity contribution in [2.45, 2.75) is 6.92 Å². The van der Waals surface area contributed by atoms with Gasteiger partial charge in [0, 0.05) is 22.3 Å². The van der Waals surface area contributed by atoms with Crippen molar-refractivity contribution in [3.8, 4) is 17.1 Å². The fraction of sp³-hybridized carbons (Fsp3) is 0.0556. The monoisotopic (exact) mass is 505 g/mol. The first-order chi connectivity index (χ1) is 13.3. The highest BCUT2D eigenvalue weighted by atomic mass is 79.9. The zero-order valence-electron chi connectivity index (χ0n) is 14.4. The van der Waals surface area contributed by atoms with Gasteiger partial charge in [-0.15, -0.1) is 0 Å². The van der Waals surface area contributed by atoms with Crippen molar-refractivity contribution in [1.82, 2.24) is 9.97 Å². The SMILES string of the molecule is Cc1cc(N/N=C\c2ccccc2[N+](=O)[O-])nc(-c2cc(Br)cc(Br)c2O)n1. The Kier molecular flexibility index (Phi) is 6.00. The number of hydrogen-bond donors (Lipinski definition) is 2. The average Bonchev–Trinajstić information content (AvgIpc) is 2.64. The molecule has 2 N–H and O–H groups in total. The Labute approximate surface area is 176 Å². The summed E-state index contributed by atoms with van der Waals surface area (Å²) < 4.78 is 1.26. The molecule has 0 radical (unpaired) electrons. The third kappa shape index (κ3) is 4.52. The van der Waals surface area contributed by atoms with Crippen LogP contribution in [0, 0.1) is 17.0 Å². The van der Waals surface area contributed by atoms with Crippen LogP contribution in [0.25, 0.3) is 11.4 Å². The number of hydrazone groups is 1. The van der Waals surface area contributed by atoms with Crippen LogP contribution in [0.2, 0.25) is 0 Å². The lowest BCUT2D eigenvalue weighted by molar-refractivity contribution is -0.385. The van der Waals surface area contributed by atoms with Crippen LogP contribution in [0.5, 0.6) is 5.75 Å². The third-order valence-electron chi connectivity index (χ3n) is 3.64. The summed E-state index contributed by atoms with van der Waals surface area (Å²) in [4.78, 5) is 19.3. The molecular formula is C18H13Br2N5O3. The molecule has 0 aliphatic heterocycles. The van der Waals surface area contributed by atoms with E-state index in [1.807, 2.05) is 0 Å². The first kappa shape index (κ1) is 19.9. The number of rotatable bonds is 5. The molecule has 0 bridgehead atoms. The molecule has 3 rings (SSSR count). The lowest BCUT2D eigenvalue weighted by atomic mass is 10.2. The van der Waals surface area contributed by atoms with E-state index in [4.69, 9.17) is 0 Å². The first-order valence-corrected chi connectivity index (χ1v) is 9.50. The van der Waals surface area contributed by atoms with Crippen LogP contribution in [0.1, 0.15) is 11.3 Å². The minimum atomic E-state index is -0.470. The smallest absolute Gasteiger partial charge is 0.278 e. The highest BCUT2D eigenvalue weighted by molar-refractivity contribution is 9.11. The number of phenols is 1. The molecule has 0 aliphatic rings. The number of nitro groups is 1. The summed E-state index contributed by atoms with van der Waals surface area (Å²) in [5.41, 5.74) is 4.16. The number of aryl methyl sites for hydroxylation is 1. The van der Waals surface area contributed by atoms with E-state index in [1.54, 1.807) is 43.3 Å². The van der Waals surface area contributed by atoms with Gasteiger partial charge in [0.15, 0.2) is 11.6 Å². The molecule has 0 saturated heterocycles. The molecule has 1 heterocycles. The standard InChI is InChI=1S/C18H13Br2N5O3/c1-10-6-16(24-21-9-11-4-2-3-5-15(11)25(27)28)23-18(22-10)13-7-12(19)8-14(20)17(13)26/h2-9,26H,1H3,(H,22,23,24)/b21-9-. The summed E-state index contributed by atoms with van der Waals surface area (Å²) in [6, 6.07) is 11.4. The van der Waals surface area contributed by atoms with Gasteiger partial charge < -0.3 is 5.11 Å². The van der Waals surface area contributed by atoms with Crippen LogP contribution in [0.15, 0.2) is 56.5 Å². The minimum absolute atomic E-state index is 0.0168.